The summed E-state index contributed by atoms with van der Waals surface area (Å²) in [4.78, 5) is 29.7. The van der Waals surface area contributed by atoms with Crippen LogP contribution >= 0.6 is 0 Å². The summed E-state index contributed by atoms with van der Waals surface area (Å²) >= 11 is 0. The highest BCUT2D eigenvalue weighted by atomic mass is 16.5. The molecule has 1 aliphatic heterocycles. The van der Waals surface area contributed by atoms with E-state index < -0.39 is 0 Å². The van der Waals surface area contributed by atoms with Gasteiger partial charge in [0.2, 0.25) is 0 Å². The minimum absolute atomic E-state index is 0.0956. The Hall–Kier alpha value is -3.68. The first-order chi connectivity index (χ1) is 14.2. The van der Waals surface area contributed by atoms with Crippen molar-refractivity contribution in [1.82, 2.24) is 19.9 Å². The molecule has 148 valence electrons. The lowest BCUT2D eigenvalue weighted by Crippen LogP contribution is -2.49. The van der Waals surface area contributed by atoms with E-state index in [9.17, 15) is 4.79 Å². The second kappa shape index (κ2) is 8.55. The Morgan fingerprint density at radius 3 is 2.62 bits per heavy atom. The maximum absolute atomic E-state index is 12.9. The van der Waals surface area contributed by atoms with Crippen LogP contribution in [0, 0.1) is 0 Å². The number of carbonyl (C=O) groups is 1. The van der Waals surface area contributed by atoms with Gasteiger partial charge in [0.15, 0.2) is 0 Å². The predicted octanol–water partition coefficient (Wildman–Crippen LogP) is 2.59. The van der Waals surface area contributed by atoms with E-state index in [1.807, 2.05) is 47.4 Å². The third-order valence-electron chi connectivity index (χ3n) is 4.77. The monoisotopic (exact) mass is 390 g/mol. The maximum atomic E-state index is 12.9. The number of nitrogens with one attached hydrogen (secondary N) is 1. The number of nitrogens with zero attached hydrogens (tertiary/aromatic N) is 5. The van der Waals surface area contributed by atoms with Crippen molar-refractivity contribution in [2.45, 2.75) is 0 Å². The Balaban J connectivity index is 1.41. The van der Waals surface area contributed by atoms with Crippen molar-refractivity contribution in [2.24, 2.45) is 0 Å². The van der Waals surface area contributed by atoms with Crippen LogP contribution in [0.4, 0.5) is 17.3 Å². The van der Waals surface area contributed by atoms with Crippen LogP contribution in [0.25, 0.3) is 0 Å². The van der Waals surface area contributed by atoms with Gasteiger partial charge >= 0.3 is 0 Å². The van der Waals surface area contributed by atoms with Crippen LogP contribution in [0.1, 0.15) is 10.5 Å². The topological polar surface area (TPSA) is 83.5 Å². The number of piperazine rings is 1. The molecule has 0 spiro atoms. The van der Waals surface area contributed by atoms with Crippen LogP contribution in [0.5, 0.6) is 5.75 Å². The van der Waals surface area contributed by atoms with E-state index in [0.717, 1.165) is 30.3 Å². The number of hydrogen-bond donors (Lipinski definition) is 1. The fourth-order valence-corrected chi connectivity index (χ4v) is 3.23. The van der Waals surface area contributed by atoms with Crippen molar-refractivity contribution in [3.8, 4) is 5.75 Å². The Bertz CT molecular complexity index is 974. The van der Waals surface area contributed by atoms with Gasteiger partial charge < -0.3 is 19.9 Å². The first-order valence-electron chi connectivity index (χ1n) is 9.41. The van der Waals surface area contributed by atoms with Gasteiger partial charge in [-0.2, -0.15) is 0 Å². The first kappa shape index (κ1) is 18.7. The summed E-state index contributed by atoms with van der Waals surface area (Å²) in [5.41, 5.74) is 1.20. The number of aromatic nitrogens is 3. The molecule has 0 radical (unpaired) electrons. The zero-order chi connectivity index (χ0) is 20.1. The van der Waals surface area contributed by atoms with Gasteiger partial charge in [0.25, 0.3) is 5.91 Å². The largest absolute Gasteiger partial charge is 0.497 e. The molecule has 0 atom stereocenters. The highest BCUT2D eigenvalue weighted by molar-refractivity contribution is 5.93. The number of anilines is 3. The van der Waals surface area contributed by atoms with Gasteiger partial charge in [0.1, 0.15) is 29.4 Å². The molecular formula is C21H22N6O2. The van der Waals surface area contributed by atoms with Crippen LogP contribution in [-0.4, -0.2) is 59.0 Å². The highest BCUT2D eigenvalue weighted by Crippen LogP contribution is 2.21. The number of pyridine rings is 1. The van der Waals surface area contributed by atoms with Gasteiger partial charge in [-0.3, -0.25) is 4.79 Å². The second-order valence-electron chi connectivity index (χ2n) is 6.61. The zero-order valence-electron chi connectivity index (χ0n) is 16.2. The summed E-state index contributed by atoms with van der Waals surface area (Å²) in [5, 5.41) is 3.19. The lowest BCUT2D eigenvalue weighted by Gasteiger charge is -2.35. The van der Waals surface area contributed by atoms with E-state index in [2.05, 4.69) is 25.2 Å². The smallest absolute Gasteiger partial charge is 0.272 e. The van der Waals surface area contributed by atoms with Gasteiger partial charge in [-0.15, -0.1) is 0 Å². The van der Waals surface area contributed by atoms with Crippen LogP contribution < -0.4 is 15.0 Å². The summed E-state index contributed by atoms with van der Waals surface area (Å²) in [6.45, 7) is 2.72. The number of rotatable bonds is 5. The van der Waals surface area contributed by atoms with Crippen molar-refractivity contribution < 1.29 is 9.53 Å². The molecule has 4 rings (SSSR count). The molecule has 0 bridgehead atoms. The number of hydrogen-bond acceptors (Lipinski definition) is 7. The Morgan fingerprint density at radius 2 is 1.86 bits per heavy atom. The summed E-state index contributed by atoms with van der Waals surface area (Å²) in [7, 11) is 1.62. The molecule has 29 heavy (non-hydrogen) atoms. The van der Waals surface area contributed by atoms with Crippen LogP contribution in [0.3, 0.4) is 0 Å². The quantitative estimate of drug-likeness (QED) is 0.717. The van der Waals surface area contributed by atoms with Crippen molar-refractivity contribution >= 4 is 23.2 Å². The van der Waals surface area contributed by atoms with E-state index in [4.69, 9.17) is 4.74 Å². The molecule has 0 aliphatic carbocycles. The van der Waals surface area contributed by atoms with Crippen LogP contribution in [-0.2, 0) is 0 Å². The number of carbonyl (C=O) groups excluding carboxylic acids is 1. The van der Waals surface area contributed by atoms with Gasteiger partial charge in [-0.05, 0) is 24.3 Å². The highest BCUT2D eigenvalue weighted by Gasteiger charge is 2.23. The Morgan fingerprint density at radius 1 is 1.00 bits per heavy atom. The molecular weight excluding hydrogens is 368 g/mol. The molecule has 8 nitrogen and oxygen atoms in total. The van der Waals surface area contributed by atoms with Crippen molar-refractivity contribution in [3.05, 3.63) is 66.7 Å². The Labute approximate surface area is 169 Å². The number of amides is 1. The summed E-state index contributed by atoms with van der Waals surface area (Å²) < 4.78 is 5.23. The van der Waals surface area contributed by atoms with Crippen LogP contribution in [0.15, 0.2) is 61.1 Å². The molecule has 1 amide bonds. The summed E-state index contributed by atoms with van der Waals surface area (Å²) in [6.07, 6.45) is 3.18. The number of methoxy groups -OCH3 is 1. The molecule has 1 fully saturated rings. The van der Waals surface area contributed by atoms with E-state index in [0.29, 0.717) is 24.6 Å². The van der Waals surface area contributed by atoms with Crippen molar-refractivity contribution in [2.75, 3.05) is 43.5 Å². The average molecular weight is 390 g/mol. The van der Waals surface area contributed by atoms with Gasteiger partial charge in [0, 0.05) is 50.2 Å². The molecule has 1 aliphatic rings. The SMILES string of the molecule is COc1cccc(Nc2cc(C(=O)N3CCN(c4ccccn4)CC3)ncn2)c1. The minimum Gasteiger partial charge on any atom is -0.497 e. The van der Waals surface area contributed by atoms with Gasteiger partial charge in [-0.25, -0.2) is 15.0 Å². The number of ether oxygens (including phenoxy) is 1. The normalized spacial score (nSPS) is 13.8. The molecule has 1 N–H and O–H groups in total. The van der Waals surface area contributed by atoms with E-state index in [-0.39, 0.29) is 5.91 Å². The predicted molar refractivity (Wildman–Crippen MR) is 111 cm³/mol. The van der Waals surface area contributed by atoms with Gasteiger partial charge in [-0.1, -0.05) is 12.1 Å². The fraction of sp³-hybridized carbons (Fsp3) is 0.238. The summed E-state index contributed by atoms with van der Waals surface area (Å²) in [6, 6.07) is 15.0. The molecule has 0 saturated carbocycles. The molecule has 3 heterocycles. The van der Waals surface area contributed by atoms with Gasteiger partial charge in [0.05, 0.1) is 7.11 Å². The minimum atomic E-state index is -0.0956. The molecule has 3 aromatic rings. The van der Waals surface area contributed by atoms with Crippen LogP contribution in [0.2, 0.25) is 0 Å². The zero-order valence-corrected chi connectivity index (χ0v) is 16.2. The third-order valence-corrected chi connectivity index (χ3v) is 4.77. The average Bonchev–Trinajstić information content (AvgIpc) is 2.79. The molecule has 8 heteroatoms. The maximum Gasteiger partial charge on any atom is 0.272 e. The van der Waals surface area contributed by atoms with Crippen molar-refractivity contribution in [1.29, 1.82) is 0 Å². The third kappa shape index (κ3) is 4.43. The summed E-state index contributed by atoms with van der Waals surface area (Å²) in [5.74, 6) is 2.14. The Kier molecular flexibility index (Phi) is 5.51. The first-order valence-corrected chi connectivity index (χ1v) is 9.41. The molecule has 1 aromatic carbocycles. The van der Waals surface area contributed by atoms with E-state index in [1.54, 1.807) is 19.4 Å². The second-order valence-corrected chi connectivity index (χ2v) is 6.61. The molecule has 1 saturated heterocycles. The lowest BCUT2D eigenvalue weighted by molar-refractivity contribution is 0.0740. The van der Waals surface area contributed by atoms with Crippen molar-refractivity contribution in [3.63, 3.8) is 0 Å². The standard InChI is InChI=1S/C21H22N6O2/c1-29-17-6-4-5-16(13-17)25-19-14-18(23-15-24-19)21(28)27-11-9-26(10-12-27)20-7-2-3-8-22-20/h2-8,13-15H,9-12H2,1H3,(H,23,24,25). The fourth-order valence-electron chi connectivity index (χ4n) is 3.23. The van der Waals surface area contributed by atoms with E-state index in [1.165, 1.54) is 6.33 Å². The molecule has 0 unspecified atom stereocenters. The lowest BCUT2D eigenvalue weighted by atomic mass is 10.2. The van der Waals surface area contributed by atoms with E-state index >= 15 is 0 Å². The molecule has 2 aromatic heterocycles. The number of benzene rings is 1.